The second kappa shape index (κ2) is 8.66. The number of imide groups is 1. The first-order valence-electron chi connectivity index (χ1n) is 8.25. The predicted octanol–water partition coefficient (Wildman–Crippen LogP) is 3.46. The Labute approximate surface area is 182 Å². The molecule has 1 fully saturated rings. The second-order valence-electron chi connectivity index (χ2n) is 5.96. The number of hydrogen-bond acceptors (Lipinski definition) is 5. The number of nitrogens with one attached hydrogen (secondary N) is 2. The lowest BCUT2D eigenvalue weighted by molar-refractivity contribution is -0.127. The lowest BCUT2D eigenvalue weighted by Gasteiger charge is -2.13. The SMILES string of the molecule is COc1ccccc1NC(=O)CN1C(=O)N/C(=C/c2cc(Br)c(O)c(Br)c2)C1=O. The van der Waals surface area contributed by atoms with Crippen LogP contribution in [0.25, 0.3) is 6.08 Å². The van der Waals surface area contributed by atoms with Gasteiger partial charge in [0.05, 0.1) is 21.7 Å². The Morgan fingerprint density at radius 3 is 2.55 bits per heavy atom. The molecule has 1 aliphatic rings. The topological polar surface area (TPSA) is 108 Å². The smallest absolute Gasteiger partial charge is 0.329 e. The number of carbonyl (C=O) groups is 3. The largest absolute Gasteiger partial charge is 0.506 e. The zero-order chi connectivity index (χ0) is 21.1. The average Bonchev–Trinajstić information content (AvgIpc) is 2.93. The molecule has 150 valence electrons. The van der Waals surface area contributed by atoms with Gasteiger partial charge in [-0.2, -0.15) is 0 Å². The number of methoxy groups -OCH3 is 1. The van der Waals surface area contributed by atoms with Crippen LogP contribution in [0, 0.1) is 0 Å². The van der Waals surface area contributed by atoms with Crippen LogP contribution >= 0.6 is 31.9 Å². The number of phenolic OH excluding ortho intramolecular Hbond substituents is 1. The summed E-state index contributed by atoms with van der Waals surface area (Å²) >= 11 is 6.41. The molecule has 0 radical (unpaired) electrons. The lowest BCUT2D eigenvalue weighted by Crippen LogP contribution is -2.38. The van der Waals surface area contributed by atoms with Gasteiger partial charge in [0.25, 0.3) is 5.91 Å². The molecule has 0 aromatic heterocycles. The van der Waals surface area contributed by atoms with Crippen LogP contribution in [-0.2, 0) is 9.59 Å². The van der Waals surface area contributed by atoms with Gasteiger partial charge in [-0.1, -0.05) is 12.1 Å². The van der Waals surface area contributed by atoms with Gasteiger partial charge in [0.15, 0.2) is 0 Å². The van der Waals surface area contributed by atoms with Crippen molar-refractivity contribution in [3.63, 3.8) is 0 Å². The Balaban J connectivity index is 1.74. The third-order valence-corrected chi connectivity index (χ3v) is 5.20. The number of hydrogen-bond donors (Lipinski definition) is 3. The molecule has 1 aliphatic heterocycles. The summed E-state index contributed by atoms with van der Waals surface area (Å²) in [5.41, 5.74) is 1.01. The number of nitrogens with zero attached hydrogens (tertiary/aromatic N) is 1. The fraction of sp³-hybridized carbons (Fsp3) is 0.105. The van der Waals surface area contributed by atoms with Crippen LogP contribution in [0.4, 0.5) is 10.5 Å². The first-order valence-corrected chi connectivity index (χ1v) is 9.84. The molecule has 3 rings (SSSR count). The lowest BCUT2D eigenvalue weighted by atomic mass is 10.2. The molecule has 0 unspecified atom stereocenters. The minimum atomic E-state index is -0.701. The number of urea groups is 1. The van der Waals surface area contributed by atoms with Crippen LogP contribution in [0.3, 0.4) is 0 Å². The van der Waals surface area contributed by atoms with Crippen LogP contribution in [0.15, 0.2) is 51.0 Å². The average molecular weight is 525 g/mol. The summed E-state index contributed by atoms with van der Waals surface area (Å²) in [6, 6.07) is 9.27. The maximum atomic E-state index is 12.6. The van der Waals surface area contributed by atoms with E-state index in [0.717, 1.165) is 4.90 Å². The summed E-state index contributed by atoms with van der Waals surface area (Å²) in [5.74, 6) is -0.703. The molecule has 0 aliphatic carbocycles. The van der Waals surface area contributed by atoms with Crippen molar-refractivity contribution in [1.82, 2.24) is 10.2 Å². The molecule has 10 heteroatoms. The highest BCUT2D eigenvalue weighted by Gasteiger charge is 2.35. The van der Waals surface area contributed by atoms with E-state index in [1.807, 2.05) is 0 Å². The molecule has 0 bridgehead atoms. The number of anilines is 1. The molecule has 0 saturated carbocycles. The number of carbonyl (C=O) groups excluding carboxylic acids is 3. The van der Waals surface area contributed by atoms with Crippen molar-refractivity contribution in [1.29, 1.82) is 0 Å². The molecule has 1 saturated heterocycles. The molecule has 29 heavy (non-hydrogen) atoms. The first kappa shape index (κ1) is 20.9. The van der Waals surface area contributed by atoms with Gasteiger partial charge in [-0.25, -0.2) is 9.69 Å². The highest BCUT2D eigenvalue weighted by Crippen LogP contribution is 2.34. The quantitative estimate of drug-likeness (QED) is 0.410. The van der Waals surface area contributed by atoms with E-state index >= 15 is 0 Å². The molecule has 2 aromatic rings. The molecule has 0 spiro atoms. The van der Waals surface area contributed by atoms with E-state index in [1.54, 1.807) is 36.4 Å². The molecule has 4 amide bonds. The minimum Gasteiger partial charge on any atom is -0.506 e. The Kier molecular flexibility index (Phi) is 6.23. The Morgan fingerprint density at radius 1 is 1.24 bits per heavy atom. The minimum absolute atomic E-state index is 0.0172. The maximum Gasteiger partial charge on any atom is 0.329 e. The first-order chi connectivity index (χ1) is 13.8. The van der Waals surface area contributed by atoms with Crippen molar-refractivity contribution in [3.8, 4) is 11.5 Å². The maximum absolute atomic E-state index is 12.6. The highest BCUT2D eigenvalue weighted by atomic mass is 79.9. The van der Waals surface area contributed by atoms with E-state index in [2.05, 4.69) is 42.5 Å². The van der Waals surface area contributed by atoms with Crippen LogP contribution in [0.2, 0.25) is 0 Å². The van der Waals surface area contributed by atoms with Crippen LogP contribution in [0.5, 0.6) is 11.5 Å². The normalized spacial score (nSPS) is 14.9. The fourth-order valence-electron chi connectivity index (χ4n) is 2.63. The van der Waals surface area contributed by atoms with Crippen LogP contribution < -0.4 is 15.4 Å². The summed E-state index contributed by atoms with van der Waals surface area (Å²) in [7, 11) is 1.47. The van der Waals surface area contributed by atoms with Crippen molar-refractivity contribution >= 4 is 61.5 Å². The number of rotatable bonds is 5. The number of halogens is 2. The monoisotopic (exact) mass is 523 g/mol. The van der Waals surface area contributed by atoms with Crippen molar-refractivity contribution in [2.24, 2.45) is 0 Å². The van der Waals surface area contributed by atoms with Gasteiger partial charge in [-0.05, 0) is 67.8 Å². The molecule has 8 nitrogen and oxygen atoms in total. The molecule has 1 heterocycles. The van der Waals surface area contributed by atoms with Gasteiger partial charge in [0.1, 0.15) is 23.7 Å². The van der Waals surface area contributed by atoms with E-state index in [9.17, 15) is 19.5 Å². The van der Waals surface area contributed by atoms with Gasteiger partial charge in [-0.3, -0.25) is 9.59 Å². The van der Waals surface area contributed by atoms with Crippen molar-refractivity contribution in [3.05, 3.63) is 56.6 Å². The van der Waals surface area contributed by atoms with Gasteiger partial charge < -0.3 is 20.5 Å². The zero-order valence-corrected chi connectivity index (χ0v) is 18.2. The summed E-state index contributed by atoms with van der Waals surface area (Å²) in [4.78, 5) is 37.9. The second-order valence-corrected chi connectivity index (χ2v) is 7.67. The fourth-order valence-corrected chi connectivity index (χ4v) is 3.85. The molecule has 0 atom stereocenters. The third-order valence-electron chi connectivity index (χ3n) is 4.00. The summed E-state index contributed by atoms with van der Waals surface area (Å²) < 4.78 is 6.00. The van der Waals surface area contributed by atoms with E-state index < -0.39 is 24.4 Å². The number of phenols is 1. The highest BCUT2D eigenvalue weighted by molar-refractivity contribution is 9.11. The molecular formula is C19H15Br2N3O5. The van der Waals surface area contributed by atoms with Gasteiger partial charge in [0, 0.05) is 0 Å². The zero-order valence-electron chi connectivity index (χ0n) is 15.0. The van der Waals surface area contributed by atoms with E-state index in [1.165, 1.54) is 13.2 Å². The van der Waals surface area contributed by atoms with Crippen LogP contribution in [0.1, 0.15) is 5.56 Å². The van der Waals surface area contributed by atoms with Crippen molar-refractivity contribution < 1.29 is 24.2 Å². The number of ether oxygens (including phenoxy) is 1. The Bertz CT molecular complexity index is 1020. The Hall–Kier alpha value is -2.85. The van der Waals surface area contributed by atoms with E-state index in [4.69, 9.17) is 4.74 Å². The Morgan fingerprint density at radius 2 is 1.90 bits per heavy atom. The van der Waals surface area contributed by atoms with Crippen LogP contribution in [-0.4, -0.2) is 41.5 Å². The summed E-state index contributed by atoms with van der Waals surface area (Å²) in [5, 5.41) is 14.8. The number of para-hydroxylation sites is 2. The van der Waals surface area contributed by atoms with Gasteiger partial charge in [0.2, 0.25) is 5.91 Å². The third kappa shape index (κ3) is 4.60. The number of benzene rings is 2. The van der Waals surface area contributed by atoms with E-state index in [-0.39, 0.29) is 11.4 Å². The molecule has 2 aromatic carbocycles. The predicted molar refractivity (Wildman–Crippen MR) is 113 cm³/mol. The summed E-state index contributed by atoms with van der Waals surface area (Å²) in [6.45, 7) is -0.455. The van der Waals surface area contributed by atoms with E-state index in [0.29, 0.717) is 25.9 Å². The molecular weight excluding hydrogens is 510 g/mol. The summed E-state index contributed by atoms with van der Waals surface area (Å²) in [6.07, 6.45) is 1.45. The number of aromatic hydroxyl groups is 1. The standard InChI is InChI=1S/C19H15Br2N3O5/c1-29-15-5-3-2-4-13(15)22-16(25)9-24-18(27)14(23-19(24)28)8-10-6-11(20)17(26)12(21)7-10/h2-8,26H,9H2,1H3,(H,22,25)(H,23,28)/b14-8+. The molecule has 3 N–H and O–H groups in total. The van der Waals surface area contributed by atoms with Gasteiger partial charge in [-0.15, -0.1) is 0 Å². The van der Waals surface area contributed by atoms with Crippen molar-refractivity contribution in [2.75, 3.05) is 19.0 Å². The van der Waals surface area contributed by atoms with Gasteiger partial charge >= 0.3 is 6.03 Å². The van der Waals surface area contributed by atoms with Crippen molar-refractivity contribution in [2.45, 2.75) is 0 Å². The number of amides is 4.